The first-order valence-electron chi connectivity index (χ1n) is 4.69. The Bertz CT molecular complexity index is 687. The number of carboxylic acids is 1. The molecule has 0 aliphatic carbocycles. The van der Waals surface area contributed by atoms with Gasteiger partial charge in [-0.05, 0) is 12.1 Å². The maximum absolute atomic E-state index is 10.8. The highest BCUT2D eigenvalue weighted by atomic mass is 31.2. The third-order valence-electron chi connectivity index (χ3n) is 2.06. The number of aromatic nitrogens is 3. The summed E-state index contributed by atoms with van der Waals surface area (Å²) in [5, 5.41) is 8.79. The molecule has 0 fully saturated rings. The predicted molar refractivity (Wildman–Crippen MR) is 61.0 cm³/mol. The summed E-state index contributed by atoms with van der Waals surface area (Å²) in [6.45, 7) is 0. The molecule has 0 amide bonds. The van der Waals surface area contributed by atoms with Crippen LogP contribution >= 0.6 is 7.60 Å². The van der Waals surface area contributed by atoms with Crippen molar-refractivity contribution >= 4 is 25.4 Å². The van der Waals surface area contributed by atoms with Crippen molar-refractivity contribution in [3.63, 3.8) is 0 Å². The van der Waals surface area contributed by atoms with Crippen molar-refractivity contribution in [2.24, 2.45) is 0 Å². The molecule has 2 aromatic rings. The van der Waals surface area contributed by atoms with Gasteiger partial charge < -0.3 is 14.9 Å². The van der Waals surface area contributed by atoms with Crippen LogP contribution in [-0.4, -0.2) is 35.2 Å². The van der Waals surface area contributed by atoms with Gasteiger partial charge in [0.2, 0.25) is 5.78 Å². The minimum Gasteiger partial charge on any atom is -0.476 e. The zero-order chi connectivity index (χ0) is 13.3. The minimum atomic E-state index is -4.27. The quantitative estimate of drug-likeness (QED) is 0.695. The highest BCUT2D eigenvalue weighted by Crippen LogP contribution is 2.36. The molecule has 0 aliphatic rings. The highest BCUT2D eigenvalue weighted by molar-refractivity contribution is 7.55. The van der Waals surface area contributed by atoms with E-state index in [1.807, 2.05) is 0 Å². The van der Waals surface area contributed by atoms with Gasteiger partial charge in [0.15, 0.2) is 5.69 Å². The second-order valence-electron chi connectivity index (χ2n) is 3.38. The number of hydrogen-bond acceptors (Lipinski definition) is 4. The van der Waals surface area contributed by atoms with Crippen molar-refractivity contribution in [1.82, 2.24) is 14.4 Å². The fourth-order valence-electron chi connectivity index (χ4n) is 1.32. The van der Waals surface area contributed by atoms with Gasteiger partial charge >= 0.3 is 13.6 Å². The normalized spacial score (nSPS) is 12.3. The van der Waals surface area contributed by atoms with E-state index in [0.29, 0.717) is 5.69 Å². The van der Waals surface area contributed by atoms with Crippen LogP contribution < -0.4 is 0 Å². The summed E-state index contributed by atoms with van der Waals surface area (Å²) in [5.41, 5.74) is 0.169. The molecule has 2 rings (SSSR count). The Morgan fingerprint density at radius 2 is 2.17 bits per heavy atom. The summed E-state index contributed by atoms with van der Waals surface area (Å²) >= 11 is 0. The topological polar surface area (TPSA) is 125 Å². The number of rotatable bonds is 3. The Balaban J connectivity index is 2.55. The molecule has 2 aromatic heterocycles. The van der Waals surface area contributed by atoms with E-state index in [9.17, 15) is 9.36 Å². The largest absolute Gasteiger partial charge is 0.476 e. The molecule has 0 radical (unpaired) electrons. The second-order valence-corrected chi connectivity index (χ2v) is 4.85. The van der Waals surface area contributed by atoms with E-state index < -0.39 is 13.6 Å². The first-order valence-corrected chi connectivity index (χ1v) is 6.37. The molecular formula is C9H8N3O5P. The molecule has 2 heterocycles. The van der Waals surface area contributed by atoms with Gasteiger partial charge in [-0.15, -0.1) is 0 Å². The van der Waals surface area contributed by atoms with Crippen LogP contribution in [0.5, 0.6) is 0 Å². The summed E-state index contributed by atoms with van der Waals surface area (Å²) in [5.74, 6) is -0.340. The number of fused-ring (bicyclic) bond motifs is 1. The van der Waals surface area contributed by atoms with E-state index in [-0.39, 0.29) is 11.5 Å². The highest BCUT2D eigenvalue weighted by Gasteiger charge is 2.11. The van der Waals surface area contributed by atoms with Crippen molar-refractivity contribution in [2.45, 2.75) is 0 Å². The van der Waals surface area contributed by atoms with Crippen LogP contribution in [0.4, 0.5) is 0 Å². The number of aromatic carboxylic acids is 1. The van der Waals surface area contributed by atoms with Crippen LogP contribution in [0.1, 0.15) is 16.2 Å². The summed E-state index contributed by atoms with van der Waals surface area (Å²) in [7, 11) is -4.27. The maximum Gasteiger partial charge on any atom is 0.356 e. The van der Waals surface area contributed by atoms with E-state index >= 15 is 0 Å². The van der Waals surface area contributed by atoms with Crippen LogP contribution in [0, 0.1) is 0 Å². The van der Waals surface area contributed by atoms with Crippen molar-refractivity contribution in [3.05, 3.63) is 35.7 Å². The average Bonchev–Trinajstić information content (AvgIpc) is 2.69. The predicted octanol–water partition coefficient (Wildman–Crippen LogP) is 0.576. The summed E-state index contributed by atoms with van der Waals surface area (Å²) < 4.78 is 12.1. The molecule has 3 N–H and O–H groups in total. The molecular weight excluding hydrogens is 261 g/mol. The van der Waals surface area contributed by atoms with Crippen LogP contribution in [0.3, 0.4) is 0 Å². The Labute approximate surface area is 100 Å². The zero-order valence-electron chi connectivity index (χ0n) is 8.83. The van der Waals surface area contributed by atoms with E-state index in [1.165, 1.54) is 28.9 Å². The number of carbonyl (C=O) groups is 1. The molecule has 0 atom stereocenters. The van der Waals surface area contributed by atoms with Crippen molar-refractivity contribution in [3.8, 4) is 0 Å². The van der Waals surface area contributed by atoms with Gasteiger partial charge in [0, 0.05) is 18.2 Å². The van der Waals surface area contributed by atoms with E-state index in [0.717, 1.165) is 5.82 Å². The van der Waals surface area contributed by atoms with Crippen molar-refractivity contribution in [2.75, 3.05) is 0 Å². The van der Waals surface area contributed by atoms with Gasteiger partial charge in [-0.2, -0.15) is 0 Å². The van der Waals surface area contributed by atoms with Gasteiger partial charge in [-0.3, -0.25) is 8.97 Å². The van der Waals surface area contributed by atoms with Crippen molar-refractivity contribution < 1.29 is 24.3 Å². The van der Waals surface area contributed by atoms with Gasteiger partial charge in [0.25, 0.3) is 0 Å². The van der Waals surface area contributed by atoms with Gasteiger partial charge in [0.1, 0.15) is 0 Å². The van der Waals surface area contributed by atoms with Gasteiger partial charge in [-0.25, -0.2) is 14.8 Å². The van der Waals surface area contributed by atoms with E-state index in [2.05, 4.69) is 9.97 Å². The smallest absolute Gasteiger partial charge is 0.356 e. The Morgan fingerprint density at radius 1 is 1.44 bits per heavy atom. The standard InChI is InChI=1S/C9H8N3O5P/c13-8(14)7-5-12-6(2-4-18(15,16)17)1-3-10-9(12)11-7/h1-5H,(H,13,14)(H2,15,16,17). The monoisotopic (exact) mass is 269 g/mol. The number of carboxylic acid groups (broad SMARTS) is 1. The Kier molecular flexibility index (Phi) is 3.00. The van der Waals surface area contributed by atoms with Crippen molar-refractivity contribution in [1.29, 1.82) is 0 Å². The summed E-state index contributed by atoms with van der Waals surface area (Å²) in [6.07, 6.45) is 3.78. The van der Waals surface area contributed by atoms with Crippen LogP contribution in [-0.2, 0) is 4.57 Å². The maximum atomic E-state index is 10.8. The van der Waals surface area contributed by atoms with E-state index in [4.69, 9.17) is 14.9 Å². The third kappa shape index (κ3) is 2.62. The first-order chi connectivity index (χ1) is 8.37. The molecule has 9 heteroatoms. The Morgan fingerprint density at radius 3 is 2.78 bits per heavy atom. The molecule has 0 aliphatic heterocycles. The number of nitrogens with zero attached hydrogens (tertiary/aromatic N) is 3. The average molecular weight is 269 g/mol. The SMILES string of the molecule is O=C(O)c1cn2c(C=CP(=O)(O)O)ccnc2n1. The van der Waals surface area contributed by atoms with Gasteiger partial charge in [0.05, 0.1) is 5.69 Å². The van der Waals surface area contributed by atoms with Gasteiger partial charge in [-0.1, -0.05) is 0 Å². The first kappa shape index (κ1) is 12.4. The van der Waals surface area contributed by atoms with Crippen LogP contribution in [0.15, 0.2) is 24.3 Å². The number of hydrogen-bond donors (Lipinski definition) is 3. The molecule has 0 saturated carbocycles. The lowest BCUT2D eigenvalue weighted by atomic mass is 10.4. The lowest BCUT2D eigenvalue weighted by molar-refractivity contribution is 0.0691. The van der Waals surface area contributed by atoms with E-state index in [1.54, 1.807) is 0 Å². The molecule has 0 saturated heterocycles. The molecule has 0 spiro atoms. The molecule has 0 aromatic carbocycles. The lowest BCUT2D eigenvalue weighted by Gasteiger charge is -1.99. The van der Waals surface area contributed by atoms with Crippen LogP contribution in [0.25, 0.3) is 11.9 Å². The molecule has 0 bridgehead atoms. The Hall–Kier alpha value is -2.02. The molecule has 18 heavy (non-hydrogen) atoms. The molecule has 94 valence electrons. The fourth-order valence-corrected chi connectivity index (χ4v) is 1.67. The number of imidazole rings is 1. The second kappa shape index (κ2) is 4.34. The fraction of sp³-hybridized carbons (Fsp3) is 0. The minimum absolute atomic E-state index is 0.139. The van der Waals surface area contributed by atoms with Crippen LogP contribution in [0.2, 0.25) is 0 Å². The third-order valence-corrected chi connectivity index (χ3v) is 2.60. The summed E-state index contributed by atoms with van der Waals surface area (Å²) in [4.78, 5) is 35.8. The zero-order valence-corrected chi connectivity index (χ0v) is 9.73. The summed E-state index contributed by atoms with van der Waals surface area (Å²) in [6, 6.07) is 1.48. The molecule has 0 unspecified atom stereocenters. The lowest BCUT2D eigenvalue weighted by Crippen LogP contribution is -1.95. The molecule has 8 nitrogen and oxygen atoms in total.